The molecular weight excluding hydrogens is 321 g/mol. The highest BCUT2D eigenvalue weighted by Gasteiger charge is 2.22. The molecule has 0 saturated carbocycles. The number of nitrogens with one attached hydrogen (secondary N) is 2. The Labute approximate surface area is 145 Å². The lowest BCUT2D eigenvalue weighted by Crippen LogP contribution is -2.38. The summed E-state index contributed by atoms with van der Waals surface area (Å²) in [6, 6.07) is 9.65. The van der Waals surface area contributed by atoms with Crippen LogP contribution < -0.4 is 10.6 Å². The van der Waals surface area contributed by atoms with E-state index in [2.05, 4.69) is 16.7 Å². The molecule has 1 aromatic rings. The fourth-order valence-electron chi connectivity index (χ4n) is 2.45. The van der Waals surface area contributed by atoms with E-state index in [4.69, 9.17) is 0 Å². The Hall–Kier alpha value is -1.07. The van der Waals surface area contributed by atoms with Gasteiger partial charge < -0.3 is 10.6 Å². The average molecular weight is 346 g/mol. The number of benzene rings is 1. The van der Waals surface area contributed by atoms with E-state index in [-0.39, 0.29) is 36.8 Å². The third-order valence-electron chi connectivity index (χ3n) is 3.53. The van der Waals surface area contributed by atoms with Crippen molar-refractivity contribution in [1.82, 2.24) is 15.5 Å². The summed E-state index contributed by atoms with van der Waals surface area (Å²) in [5, 5.41) is 6.33. The van der Waals surface area contributed by atoms with Crippen LogP contribution in [0.3, 0.4) is 0 Å². The smallest absolute Gasteiger partial charge is 0.242 e. The minimum Gasteiger partial charge on any atom is -0.351 e. The van der Waals surface area contributed by atoms with Crippen LogP contribution in [0.15, 0.2) is 42.0 Å². The predicted octanol–water partition coefficient (Wildman–Crippen LogP) is 2.17. The Kier molecular flexibility index (Phi) is 10.1. The normalized spacial score (nSPS) is 15.1. The Balaban J connectivity index is 0.00000220. The van der Waals surface area contributed by atoms with Gasteiger partial charge in [-0.3, -0.25) is 9.69 Å². The molecule has 1 heterocycles. The van der Waals surface area contributed by atoms with Crippen molar-refractivity contribution in [2.24, 2.45) is 0 Å². The van der Waals surface area contributed by atoms with Gasteiger partial charge in [-0.2, -0.15) is 0 Å². The highest BCUT2D eigenvalue weighted by atomic mass is 35.5. The maximum Gasteiger partial charge on any atom is 0.242 e. The molecule has 0 radical (unpaired) electrons. The first-order chi connectivity index (χ1) is 9.68. The number of nitrogens with zero attached hydrogens (tertiary/aromatic N) is 1. The van der Waals surface area contributed by atoms with Crippen molar-refractivity contribution in [3.63, 3.8) is 0 Å². The third-order valence-corrected chi connectivity index (χ3v) is 3.53. The summed E-state index contributed by atoms with van der Waals surface area (Å²) in [5.41, 5.74) is 2.33. The van der Waals surface area contributed by atoms with E-state index in [1.54, 1.807) is 0 Å². The number of amides is 1. The van der Waals surface area contributed by atoms with Gasteiger partial charge >= 0.3 is 0 Å². The van der Waals surface area contributed by atoms with Crippen LogP contribution in [-0.4, -0.2) is 44.5 Å². The van der Waals surface area contributed by atoms with Crippen LogP contribution in [0.1, 0.15) is 18.0 Å². The first-order valence-corrected chi connectivity index (χ1v) is 7.06. The van der Waals surface area contributed by atoms with Gasteiger partial charge in [0.25, 0.3) is 0 Å². The second kappa shape index (κ2) is 10.6. The zero-order valence-electron chi connectivity index (χ0n) is 13.0. The monoisotopic (exact) mass is 345 g/mol. The number of halogens is 2. The van der Waals surface area contributed by atoms with Gasteiger partial charge in [-0.15, -0.1) is 24.8 Å². The van der Waals surface area contributed by atoms with Gasteiger partial charge in [-0.25, -0.2) is 0 Å². The molecule has 0 spiro atoms. The van der Waals surface area contributed by atoms with Crippen molar-refractivity contribution in [2.75, 3.05) is 33.7 Å². The molecule has 0 bridgehead atoms. The Morgan fingerprint density at radius 1 is 1.27 bits per heavy atom. The van der Waals surface area contributed by atoms with E-state index in [9.17, 15) is 4.79 Å². The molecule has 1 aliphatic rings. The lowest BCUT2D eigenvalue weighted by atomic mass is 10.0. The molecule has 1 unspecified atom stereocenters. The second-order valence-electron chi connectivity index (χ2n) is 5.31. The lowest BCUT2D eigenvalue weighted by molar-refractivity contribution is -0.125. The van der Waals surface area contributed by atoms with Crippen molar-refractivity contribution in [2.45, 2.75) is 12.5 Å². The maximum absolute atomic E-state index is 12.4. The molecule has 22 heavy (non-hydrogen) atoms. The number of hydrogen-bond acceptors (Lipinski definition) is 3. The van der Waals surface area contributed by atoms with E-state index in [0.717, 1.165) is 25.1 Å². The van der Waals surface area contributed by atoms with Crippen molar-refractivity contribution < 1.29 is 4.79 Å². The molecule has 0 aliphatic carbocycles. The van der Waals surface area contributed by atoms with Gasteiger partial charge in [0.05, 0.1) is 0 Å². The van der Waals surface area contributed by atoms with Gasteiger partial charge in [0.1, 0.15) is 6.04 Å². The van der Waals surface area contributed by atoms with Crippen LogP contribution in [0.2, 0.25) is 0 Å². The van der Waals surface area contributed by atoms with Crippen LogP contribution in [0.25, 0.3) is 0 Å². The summed E-state index contributed by atoms with van der Waals surface area (Å²) in [6.07, 6.45) is 3.18. The Bertz CT molecular complexity index is 478. The van der Waals surface area contributed by atoms with Gasteiger partial charge in [-0.1, -0.05) is 42.0 Å². The molecule has 0 saturated heterocycles. The molecule has 0 fully saturated rings. The number of likely N-dealkylation sites (N-methyl/N-ethyl adjacent to an activating group) is 1. The van der Waals surface area contributed by atoms with Gasteiger partial charge in [-0.05, 0) is 32.6 Å². The molecule has 1 aliphatic heterocycles. The minimum atomic E-state index is -0.237. The first-order valence-electron chi connectivity index (χ1n) is 7.06. The molecule has 1 amide bonds. The number of carbonyl (C=O) groups is 1. The van der Waals surface area contributed by atoms with E-state index in [1.807, 2.05) is 49.3 Å². The van der Waals surface area contributed by atoms with Crippen LogP contribution in [0, 0.1) is 0 Å². The first kappa shape index (κ1) is 20.9. The minimum absolute atomic E-state index is 0. The number of rotatable bonds is 5. The summed E-state index contributed by atoms with van der Waals surface area (Å²) < 4.78 is 0. The van der Waals surface area contributed by atoms with Crippen LogP contribution in [0.4, 0.5) is 0 Å². The molecule has 1 aromatic carbocycles. The highest BCUT2D eigenvalue weighted by Crippen LogP contribution is 2.18. The largest absolute Gasteiger partial charge is 0.351 e. The van der Waals surface area contributed by atoms with Crippen LogP contribution in [0.5, 0.6) is 0 Å². The quantitative estimate of drug-likeness (QED) is 0.804. The van der Waals surface area contributed by atoms with E-state index < -0.39 is 0 Å². The lowest BCUT2D eigenvalue weighted by Gasteiger charge is -2.24. The SMILES string of the molecule is CN(C)C(C(=O)NCC1=CCNCC1)c1ccccc1.Cl.Cl. The van der Waals surface area contributed by atoms with Crippen molar-refractivity contribution in [3.8, 4) is 0 Å². The van der Waals surface area contributed by atoms with Gasteiger partial charge in [0, 0.05) is 13.1 Å². The predicted molar refractivity (Wildman–Crippen MR) is 95.9 cm³/mol. The summed E-state index contributed by atoms with van der Waals surface area (Å²) in [7, 11) is 3.86. The summed E-state index contributed by atoms with van der Waals surface area (Å²) in [5.74, 6) is 0.0561. The molecule has 1 atom stereocenters. The second-order valence-corrected chi connectivity index (χ2v) is 5.31. The third kappa shape index (κ3) is 5.97. The van der Waals surface area contributed by atoms with Crippen LogP contribution >= 0.6 is 24.8 Å². The number of hydrogen-bond donors (Lipinski definition) is 2. The molecule has 2 rings (SSSR count). The van der Waals surface area contributed by atoms with E-state index in [0.29, 0.717) is 6.54 Å². The van der Waals surface area contributed by atoms with E-state index >= 15 is 0 Å². The molecule has 0 aromatic heterocycles. The summed E-state index contributed by atoms with van der Waals surface area (Å²) in [4.78, 5) is 14.4. The number of carbonyl (C=O) groups excluding carboxylic acids is 1. The van der Waals surface area contributed by atoms with Crippen molar-refractivity contribution in [1.29, 1.82) is 0 Å². The summed E-state index contributed by atoms with van der Waals surface area (Å²) >= 11 is 0. The fraction of sp³-hybridized carbons (Fsp3) is 0.438. The topological polar surface area (TPSA) is 44.4 Å². The average Bonchev–Trinajstić information content (AvgIpc) is 2.47. The molecule has 4 nitrogen and oxygen atoms in total. The van der Waals surface area contributed by atoms with Crippen LogP contribution in [-0.2, 0) is 4.79 Å². The molecule has 6 heteroatoms. The Morgan fingerprint density at radius 2 is 1.95 bits per heavy atom. The highest BCUT2D eigenvalue weighted by molar-refractivity contribution is 5.85. The molecule has 2 N–H and O–H groups in total. The fourth-order valence-corrected chi connectivity index (χ4v) is 2.45. The van der Waals surface area contributed by atoms with Gasteiger partial charge in [0.2, 0.25) is 5.91 Å². The summed E-state index contributed by atoms with van der Waals surface area (Å²) in [6.45, 7) is 2.55. The van der Waals surface area contributed by atoms with E-state index in [1.165, 1.54) is 5.57 Å². The zero-order valence-corrected chi connectivity index (χ0v) is 14.7. The maximum atomic E-state index is 12.4. The standard InChI is InChI=1S/C16H23N3O.2ClH/c1-19(2)15(14-6-4-3-5-7-14)16(20)18-12-13-8-10-17-11-9-13;;/h3-8,15,17H,9-12H2,1-2H3,(H,18,20);2*1H. The van der Waals surface area contributed by atoms with Crippen molar-refractivity contribution in [3.05, 3.63) is 47.5 Å². The van der Waals surface area contributed by atoms with Gasteiger partial charge in [0.15, 0.2) is 0 Å². The molecular formula is C16H25Cl2N3O. The zero-order chi connectivity index (χ0) is 14.4. The van der Waals surface area contributed by atoms with Crippen molar-refractivity contribution >= 4 is 30.7 Å². The molecule has 124 valence electrons. The Morgan fingerprint density at radius 3 is 2.50 bits per heavy atom.